The SMILES string of the molecule is CN1CC(F)(F)C(C)(C#Cc2cc3ncnc(Nc4cccc(Cl)c4F)c3cc2N)C1. The zero-order valence-corrected chi connectivity index (χ0v) is 17.6. The highest BCUT2D eigenvalue weighted by Gasteiger charge is 2.55. The maximum atomic E-state index is 14.4. The fourth-order valence-electron chi connectivity index (χ4n) is 3.62. The minimum absolute atomic E-state index is 0.0247. The van der Waals surface area contributed by atoms with Crippen LogP contribution in [0.25, 0.3) is 10.9 Å². The molecule has 2 heterocycles. The van der Waals surface area contributed by atoms with Crippen LogP contribution in [0.15, 0.2) is 36.7 Å². The maximum absolute atomic E-state index is 14.4. The number of alkyl halides is 2. The Morgan fingerprint density at radius 2 is 2.00 bits per heavy atom. The van der Waals surface area contributed by atoms with Crippen LogP contribution >= 0.6 is 11.6 Å². The second kappa shape index (κ2) is 7.59. The molecule has 2 aromatic carbocycles. The molecule has 31 heavy (non-hydrogen) atoms. The van der Waals surface area contributed by atoms with Gasteiger partial charge in [0, 0.05) is 23.2 Å². The summed E-state index contributed by atoms with van der Waals surface area (Å²) in [4.78, 5) is 9.93. The number of hydrogen-bond donors (Lipinski definition) is 2. The number of likely N-dealkylation sites (tertiary alicyclic amines) is 1. The number of aromatic nitrogens is 2. The summed E-state index contributed by atoms with van der Waals surface area (Å²) in [7, 11) is 1.64. The van der Waals surface area contributed by atoms with Gasteiger partial charge in [0.05, 0.1) is 22.8 Å². The van der Waals surface area contributed by atoms with E-state index in [1.165, 1.54) is 25.4 Å². The summed E-state index contributed by atoms with van der Waals surface area (Å²) in [6, 6.07) is 7.77. The van der Waals surface area contributed by atoms with Crippen molar-refractivity contribution in [3.63, 3.8) is 0 Å². The first kappa shape index (κ1) is 21.2. The number of rotatable bonds is 2. The van der Waals surface area contributed by atoms with Crippen LogP contribution < -0.4 is 11.1 Å². The summed E-state index contributed by atoms with van der Waals surface area (Å²) >= 11 is 5.83. The van der Waals surface area contributed by atoms with Gasteiger partial charge in [0.25, 0.3) is 5.92 Å². The molecule has 0 aliphatic carbocycles. The van der Waals surface area contributed by atoms with Crippen molar-refractivity contribution in [3.05, 3.63) is 53.1 Å². The molecular formula is C22H19ClF3N5. The summed E-state index contributed by atoms with van der Waals surface area (Å²) in [6.07, 6.45) is 1.31. The highest BCUT2D eigenvalue weighted by molar-refractivity contribution is 6.31. The lowest BCUT2D eigenvalue weighted by Gasteiger charge is -2.23. The molecule has 1 aliphatic heterocycles. The molecule has 4 rings (SSSR count). The number of anilines is 3. The van der Waals surface area contributed by atoms with E-state index in [0.717, 1.165) is 0 Å². The number of nitrogens with zero attached hydrogens (tertiary/aromatic N) is 3. The van der Waals surface area contributed by atoms with Crippen molar-refractivity contribution in [3.8, 4) is 11.8 Å². The Kier molecular flexibility index (Phi) is 5.20. The molecule has 1 unspecified atom stereocenters. The number of nitrogen functional groups attached to an aromatic ring is 1. The monoisotopic (exact) mass is 445 g/mol. The maximum Gasteiger partial charge on any atom is 0.277 e. The molecule has 0 bridgehead atoms. The summed E-state index contributed by atoms with van der Waals surface area (Å²) < 4.78 is 43.0. The first-order valence-corrected chi connectivity index (χ1v) is 9.82. The van der Waals surface area contributed by atoms with E-state index in [0.29, 0.717) is 22.3 Å². The predicted molar refractivity (Wildman–Crippen MR) is 116 cm³/mol. The van der Waals surface area contributed by atoms with E-state index in [2.05, 4.69) is 27.1 Å². The number of benzene rings is 2. The second-order valence-electron chi connectivity index (χ2n) is 7.86. The van der Waals surface area contributed by atoms with Gasteiger partial charge in [-0.15, -0.1) is 0 Å². The van der Waals surface area contributed by atoms with Gasteiger partial charge in [0.2, 0.25) is 0 Å². The van der Waals surface area contributed by atoms with E-state index < -0.39 is 17.2 Å². The lowest BCUT2D eigenvalue weighted by atomic mass is 9.86. The summed E-state index contributed by atoms with van der Waals surface area (Å²) in [5.41, 5.74) is 5.97. The Morgan fingerprint density at radius 1 is 1.23 bits per heavy atom. The molecule has 0 spiro atoms. The lowest BCUT2D eigenvalue weighted by molar-refractivity contribution is -0.0483. The Morgan fingerprint density at radius 3 is 2.71 bits per heavy atom. The van der Waals surface area contributed by atoms with Crippen LogP contribution in [0.1, 0.15) is 12.5 Å². The average Bonchev–Trinajstić information content (AvgIpc) is 2.90. The van der Waals surface area contributed by atoms with Crippen LogP contribution in [0.2, 0.25) is 5.02 Å². The van der Waals surface area contributed by atoms with Crippen LogP contribution in [0.5, 0.6) is 0 Å². The largest absolute Gasteiger partial charge is 0.398 e. The summed E-state index contributed by atoms with van der Waals surface area (Å²) in [5, 5.41) is 3.40. The van der Waals surface area contributed by atoms with Gasteiger partial charge in [0.15, 0.2) is 5.82 Å². The van der Waals surface area contributed by atoms with Gasteiger partial charge in [-0.1, -0.05) is 29.5 Å². The predicted octanol–water partition coefficient (Wildman–Crippen LogP) is 4.69. The number of fused-ring (bicyclic) bond motifs is 1. The van der Waals surface area contributed by atoms with Crippen LogP contribution in [0.4, 0.5) is 30.4 Å². The van der Waals surface area contributed by atoms with E-state index in [1.54, 1.807) is 30.1 Å². The first-order chi connectivity index (χ1) is 14.6. The van der Waals surface area contributed by atoms with Gasteiger partial charge in [-0.25, -0.2) is 23.1 Å². The van der Waals surface area contributed by atoms with Crippen molar-refractivity contribution >= 4 is 39.7 Å². The summed E-state index contributed by atoms with van der Waals surface area (Å²) in [6.45, 7) is 1.26. The fourth-order valence-corrected chi connectivity index (χ4v) is 3.79. The molecule has 160 valence electrons. The third-order valence-corrected chi connectivity index (χ3v) is 5.64. The molecular weight excluding hydrogens is 427 g/mol. The Labute approximate surface area is 182 Å². The lowest BCUT2D eigenvalue weighted by Crippen LogP contribution is -2.36. The van der Waals surface area contributed by atoms with Crippen LogP contribution in [-0.2, 0) is 0 Å². The highest BCUT2D eigenvalue weighted by Crippen LogP contribution is 2.42. The topological polar surface area (TPSA) is 67.1 Å². The number of nitrogens with one attached hydrogen (secondary N) is 1. The molecule has 0 radical (unpaired) electrons. The Bertz CT molecular complexity index is 1240. The third-order valence-electron chi connectivity index (χ3n) is 5.35. The van der Waals surface area contributed by atoms with Crippen molar-refractivity contribution < 1.29 is 13.2 Å². The number of halogens is 4. The van der Waals surface area contributed by atoms with E-state index in [9.17, 15) is 13.2 Å². The molecule has 1 aliphatic rings. The van der Waals surface area contributed by atoms with Gasteiger partial charge >= 0.3 is 0 Å². The molecule has 9 heteroatoms. The van der Waals surface area contributed by atoms with Crippen molar-refractivity contribution in [2.24, 2.45) is 5.41 Å². The molecule has 3 aromatic rings. The van der Waals surface area contributed by atoms with E-state index in [-0.39, 0.29) is 29.5 Å². The van der Waals surface area contributed by atoms with Crippen molar-refractivity contribution in [1.82, 2.24) is 14.9 Å². The van der Waals surface area contributed by atoms with Crippen molar-refractivity contribution in [1.29, 1.82) is 0 Å². The van der Waals surface area contributed by atoms with Crippen LogP contribution in [0, 0.1) is 23.1 Å². The smallest absolute Gasteiger partial charge is 0.277 e. The minimum atomic E-state index is -2.93. The standard InChI is InChI=1S/C22H19ClF3N5/c1-21(10-31(2)11-22(21,25)26)7-6-13-8-18-14(9-16(13)27)20(29-12-28-18)30-17-5-3-4-15(23)19(17)24/h3-5,8-9,12H,10-11,27H2,1-2H3,(H,28,29,30). The molecule has 0 amide bonds. The minimum Gasteiger partial charge on any atom is -0.398 e. The third kappa shape index (κ3) is 3.87. The van der Waals surface area contributed by atoms with Crippen molar-refractivity contribution in [2.45, 2.75) is 12.8 Å². The van der Waals surface area contributed by atoms with E-state index >= 15 is 0 Å². The van der Waals surface area contributed by atoms with Gasteiger partial charge in [0.1, 0.15) is 17.6 Å². The van der Waals surface area contributed by atoms with E-state index in [1.807, 2.05) is 0 Å². The number of nitrogens with two attached hydrogens (primary N) is 1. The average molecular weight is 446 g/mol. The Balaban J connectivity index is 1.72. The molecule has 0 saturated carbocycles. The molecule has 3 N–H and O–H groups in total. The first-order valence-electron chi connectivity index (χ1n) is 9.44. The quantitative estimate of drug-likeness (QED) is 0.442. The molecule has 1 aromatic heterocycles. The van der Waals surface area contributed by atoms with E-state index in [4.69, 9.17) is 17.3 Å². The number of hydrogen-bond acceptors (Lipinski definition) is 5. The zero-order chi connectivity index (χ0) is 22.4. The van der Waals surface area contributed by atoms with Gasteiger partial charge in [-0.3, -0.25) is 4.90 Å². The van der Waals surface area contributed by atoms with Crippen LogP contribution in [0.3, 0.4) is 0 Å². The highest BCUT2D eigenvalue weighted by atomic mass is 35.5. The summed E-state index contributed by atoms with van der Waals surface area (Å²) in [5.74, 6) is 2.32. The molecule has 1 saturated heterocycles. The fraction of sp³-hybridized carbons (Fsp3) is 0.273. The molecule has 1 fully saturated rings. The zero-order valence-electron chi connectivity index (χ0n) is 16.8. The normalized spacial score (nSPS) is 20.5. The molecule has 1 atom stereocenters. The van der Waals surface area contributed by atoms with Gasteiger partial charge < -0.3 is 11.1 Å². The van der Waals surface area contributed by atoms with Crippen LogP contribution in [-0.4, -0.2) is 40.9 Å². The molecule has 5 nitrogen and oxygen atoms in total. The van der Waals surface area contributed by atoms with Gasteiger partial charge in [-0.05, 0) is 38.2 Å². The second-order valence-corrected chi connectivity index (χ2v) is 8.27. The van der Waals surface area contributed by atoms with Gasteiger partial charge in [-0.2, -0.15) is 0 Å². The van der Waals surface area contributed by atoms with Crippen molar-refractivity contribution in [2.75, 3.05) is 31.2 Å². The Hall–Kier alpha value is -3.02.